The molecule has 0 saturated heterocycles. The molecule has 0 atom stereocenters. The summed E-state index contributed by atoms with van der Waals surface area (Å²) in [6, 6.07) is 7.88. The summed E-state index contributed by atoms with van der Waals surface area (Å²) in [5.74, 6) is 0.979. The number of rotatable bonds is 5. The summed E-state index contributed by atoms with van der Waals surface area (Å²) in [7, 11) is 1.93. The molecule has 3 nitrogen and oxygen atoms in total. The topological polar surface area (TPSA) is 27.1 Å². The first kappa shape index (κ1) is 19.8. The van der Waals surface area contributed by atoms with Crippen LogP contribution in [0.4, 0.5) is 0 Å². The number of nitrogens with zero attached hydrogens (tertiary/aromatic N) is 2. The molecular weight excluding hydrogens is 458 g/mol. The highest BCUT2D eigenvalue weighted by Gasteiger charge is 2.21. The molecule has 0 unspecified atom stereocenters. The molecule has 0 spiro atoms. The number of aromatic nitrogens is 2. The van der Waals surface area contributed by atoms with Crippen LogP contribution >= 0.6 is 50.7 Å². The summed E-state index contributed by atoms with van der Waals surface area (Å²) in [6.45, 7) is 4.38. The van der Waals surface area contributed by atoms with Crippen molar-refractivity contribution in [2.75, 3.05) is 0 Å². The van der Waals surface area contributed by atoms with E-state index in [4.69, 9.17) is 39.5 Å². The SMILES string of the molecule is CCC(CC)c1ccc(Cl)c2nc(Oc3ccc(Cl)c(Cl)c3Br)n(C)c12. The van der Waals surface area contributed by atoms with Crippen LogP contribution in [0.15, 0.2) is 28.7 Å². The average molecular weight is 477 g/mol. The molecule has 0 aliphatic carbocycles. The maximum Gasteiger partial charge on any atom is 0.302 e. The molecule has 0 saturated carbocycles. The van der Waals surface area contributed by atoms with Crippen LogP contribution < -0.4 is 4.74 Å². The zero-order valence-electron chi connectivity index (χ0n) is 14.6. The molecule has 0 fully saturated rings. The highest BCUT2D eigenvalue weighted by molar-refractivity contribution is 9.10. The van der Waals surface area contributed by atoms with Gasteiger partial charge in [0.15, 0.2) is 0 Å². The molecule has 1 aromatic heterocycles. The fourth-order valence-electron chi connectivity index (χ4n) is 3.13. The van der Waals surface area contributed by atoms with Gasteiger partial charge >= 0.3 is 6.01 Å². The minimum Gasteiger partial charge on any atom is -0.424 e. The first-order chi connectivity index (χ1) is 12.4. The van der Waals surface area contributed by atoms with E-state index in [1.54, 1.807) is 12.1 Å². The largest absolute Gasteiger partial charge is 0.424 e. The normalized spacial score (nSPS) is 11.5. The molecule has 3 aromatic rings. The Morgan fingerprint density at radius 3 is 2.38 bits per heavy atom. The third-order valence-corrected chi connectivity index (χ3v) is 6.71. The second-order valence-electron chi connectivity index (χ2n) is 6.08. The maximum absolute atomic E-state index is 6.41. The Balaban J connectivity index is 2.14. The van der Waals surface area contributed by atoms with Crippen molar-refractivity contribution in [3.05, 3.63) is 49.4 Å². The Morgan fingerprint density at radius 2 is 1.73 bits per heavy atom. The van der Waals surface area contributed by atoms with Crippen LogP contribution in [0.3, 0.4) is 0 Å². The summed E-state index contributed by atoms with van der Waals surface area (Å²) >= 11 is 22.1. The Morgan fingerprint density at radius 1 is 1.08 bits per heavy atom. The maximum atomic E-state index is 6.41. The van der Waals surface area contributed by atoms with Gasteiger partial charge in [-0.25, -0.2) is 0 Å². The number of hydrogen-bond acceptors (Lipinski definition) is 2. The lowest BCUT2D eigenvalue weighted by Gasteiger charge is -2.15. The van der Waals surface area contributed by atoms with Crippen LogP contribution in [0.5, 0.6) is 11.8 Å². The van der Waals surface area contributed by atoms with Crippen molar-refractivity contribution in [2.24, 2.45) is 7.05 Å². The van der Waals surface area contributed by atoms with Crippen LogP contribution in [-0.2, 0) is 7.05 Å². The number of imidazole rings is 1. The molecular formula is C19H18BrCl3N2O. The quantitative estimate of drug-likeness (QED) is 0.349. The van der Waals surface area contributed by atoms with Crippen LogP contribution in [0.1, 0.15) is 38.2 Å². The molecule has 0 aliphatic rings. The molecule has 0 N–H and O–H groups in total. The van der Waals surface area contributed by atoms with E-state index in [2.05, 4.69) is 40.8 Å². The fourth-order valence-corrected chi connectivity index (χ4v) is 4.18. The summed E-state index contributed by atoms with van der Waals surface area (Å²) in [4.78, 5) is 4.62. The Hall–Kier alpha value is -0.940. The van der Waals surface area contributed by atoms with E-state index in [1.807, 2.05) is 17.7 Å². The van der Waals surface area contributed by atoms with E-state index in [0.29, 0.717) is 37.2 Å². The highest BCUT2D eigenvalue weighted by atomic mass is 79.9. The zero-order chi connectivity index (χ0) is 19.0. The molecule has 2 aromatic carbocycles. The Bertz CT molecular complexity index is 967. The molecule has 7 heteroatoms. The van der Waals surface area contributed by atoms with Gasteiger partial charge in [0.1, 0.15) is 11.3 Å². The second kappa shape index (κ2) is 7.97. The smallest absolute Gasteiger partial charge is 0.302 e. The summed E-state index contributed by atoms with van der Waals surface area (Å²) in [5, 5.41) is 1.46. The summed E-state index contributed by atoms with van der Waals surface area (Å²) in [6.07, 6.45) is 2.10. The standard InChI is InChI=1S/C19H18BrCl3N2O/c1-4-10(5-2)11-6-7-13(22)17-18(11)25(3)19(24-17)26-14-9-8-12(21)16(23)15(14)20/h6-10H,4-5H2,1-3H3. The predicted molar refractivity (Wildman–Crippen MR) is 113 cm³/mol. The van der Waals surface area contributed by atoms with Gasteiger partial charge in [-0.05, 0) is 58.5 Å². The molecule has 3 rings (SSSR count). The van der Waals surface area contributed by atoms with Gasteiger partial charge < -0.3 is 4.74 Å². The van der Waals surface area contributed by atoms with E-state index in [1.165, 1.54) is 5.56 Å². The summed E-state index contributed by atoms with van der Waals surface area (Å²) < 4.78 is 8.54. The van der Waals surface area contributed by atoms with Gasteiger partial charge in [0.05, 0.1) is 25.1 Å². The first-order valence-corrected chi connectivity index (χ1v) is 10.3. The Labute approximate surface area is 176 Å². The number of benzene rings is 2. The van der Waals surface area contributed by atoms with Crippen molar-refractivity contribution < 1.29 is 4.74 Å². The minimum absolute atomic E-state index is 0.402. The van der Waals surface area contributed by atoms with Crippen LogP contribution in [0.25, 0.3) is 11.0 Å². The minimum atomic E-state index is 0.402. The molecule has 0 amide bonds. The van der Waals surface area contributed by atoms with Crippen molar-refractivity contribution in [3.8, 4) is 11.8 Å². The van der Waals surface area contributed by atoms with Crippen LogP contribution in [-0.4, -0.2) is 9.55 Å². The predicted octanol–water partition coefficient (Wildman–Crippen LogP) is 7.99. The van der Waals surface area contributed by atoms with E-state index in [0.717, 1.165) is 23.9 Å². The summed E-state index contributed by atoms with van der Waals surface area (Å²) in [5.41, 5.74) is 2.97. The number of aryl methyl sites for hydroxylation is 1. The van der Waals surface area contributed by atoms with Crippen molar-refractivity contribution in [2.45, 2.75) is 32.6 Å². The lowest BCUT2D eigenvalue weighted by molar-refractivity contribution is 0.425. The van der Waals surface area contributed by atoms with E-state index in [9.17, 15) is 0 Å². The second-order valence-corrected chi connectivity index (χ2v) is 8.06. The monoisotopic (exact) mass is 474 g/mol. The number of ether oxygens (including phenoxy) is 1. The molecule has 0 aliphatic heterocycles. The fraction of sp³-hybridized carbons (Fsp3) is 0.316. The van der Waals surface area contributed by atoms with Gasteiger partial charge in [0, 0.05) is 7.05 Å². The average Bonchev–Trinajstić information content (AvgIpc) is 2.96. The zero-order valence-corrected chi connectivity index (χ0v) is 18.5. The molecule has 0 radical (unpaired) electrons. The van der Waals surface area contributed by atoms with Gasteiger partial charge in [0.25, 0.3) is 0 Å². The molecule has 0 bridgehead atoms. The molecule has 26 heavy (non-hydrogen) atoms. The van der Waals surface area contributed by atoms with Crippen LogP contribution in [0, 0.1) is 0 Å². The Kier molecular flexibility index (Phi) is 6.07. The van der Waals surface area contributed by atoms with Gasteiger partial charge in [-0.3, -0.25) is 4.57 Å². The van der Waals surface area contributed by atoms with E-state index < -0.39 is 0 Å². The molecule has 138 valence electrons. The van der Waals surface area contributed by atoms with Gasteiger partial charge in [0.2, 0.25) is 0 Å². The van der Waals surface area contributed by atoms with Gasteiger partial charge in [-0.2, -0.15) is 4.98 Å². The number of halogens is 4. The third kappa shape index (κ3) is 3.45. The van der Waals surface area contributed by atoms with Crippen molar-refractivity contribution in [1.29, 1.82) is 0 Å². The van der Waals surface area contributed by atoms with Crippen molar-refractivity contribution >= 4 is 61.8 Å². The third-order valence-electron chi connectivity index (χ3n) is 4.59. The van der Waals surface area contributed by atoms with E-state index >= 15 is 0 Å². The van der Waals surface area contributed by atoms with Gasteiger partial charge in [-0.1, -0.05) is 54.7 Å². The molecule has 1 heterocycles. The number of hydrogen-bond donors (Lipinski definition) is 0. The lowest BCUT2D eigenvalue weighted by Crippen LogP contribution is -2.01. The number of fused-ring (bicyclic) bond motifs is 1. The van der Waals surface area contributed by atoms with Crippen LogP contribution in [0.2, 0.25) is 15.1 Å². The van der Waals surface area contributed by atoms with Crippen molar-refractivity contribution in [3.63, 3.8) is 0 Å². The van der Waals surface area contributed by atoms with Gasteiger partial charge in [-0.15, -0.1) is 0 Å². The van der Waals surface area contributed by atoms with E-state index in [-0.39, 0.29) is 0 Å². The highest BCUT2D eigenvalue weighted by Crippen LogP contribution is 2.41. The van der Waals surface area contributed by atoms with Crippen molar-refractivity contribution in [1.82, 2.24) is 9.55 Å². The first-order valence-electron chi connectivity index (χ1n) is 8.35. The lowest BCUT2D eigenvalue weighted by atomic mass is 9.93.